The van der Waals surface area contributed by atoms with Crippen LogP contribution in [0.5, 0.6) is 0 Å². The number of carbonyl (C=O) groups excluding carboxylic acids is 1. The third-order valence-corrected chi connectivity index (χ3v) is 3.06. The Kier molecular flexibility index (Phi) is 1.98. The molecule has 3 nitrogen and oxygen atoms in total. The van der Waals surface area contributed by atoms with Gasteiger partial charge in [0.25, 0.3) is 0 Å². The van der Waals surface area contributed by atoms with Crippen LogP contribution < -0.4 is 5.43 Å². The molecule has 0 radical (unpaired) electrons. The van der Waals surface area contributed by atoms with Crippen LogP contribution in [-0.4, -0.2) is 17.5 Å². The van der Waals surface area contributed by atoms with Crippen molar-refractivity contribution in [3.05, 3.63) is 12.7 Å². The van der Waals surface area contributed by atoms with E-state index in [1.807, 2.05) is 0 Å². The summed E-state index contributed by atoms with van der Waals surface area (Å²) in [6, 6.07) is 0.194. The molecule has 1 aliphatic heterocycles. The highest BCUT2D eigenvalue weighted by Gasteiger charge is 2.44. The zero-order valence-electron chi connectivity index (χ0n) is 8.71. The van der Waals surface area contributed by atoms with E-state index < -0.39 is 0 Å². The van der Waals surface area contributed by atoms with Gasteiger partial charge in [-0.05, 0) is 17.9 Å². The lowest BCUT2D eigenvalue weighted by molar-refractivity contribution is -0.126. The zero-order valence-corrected chi connectivity index (χ0v) is 8.71. The Labute approximate surface area is 84.3 Å². The van der Waals surface area contributed by atoms with E-state index in [-0.39, 0.29) is 17.4 Å². The minimum atomic E-state index is -0.0412. The fraction of sp³-hybridized carbons (Fsp3) is 0.636. The first-order valence-electron chi connectivity index (χ1n) is 5.02. The number of carbonyl (C=O) groups is 1. The third-order valence-electron chi connectivity index (χ3n) is 3.06. The Bertz CT molecular complexity index is 317. The topological polar surface area (TPSA) is 41.5 Å². The molecule has 0 bridgehead atoms. The first-order valence-corrected chi connectivity index (χ1v) is 5.02. The largest absolute Gasteiger partial charge is 0.306 e. The van der Waals surface area contributed by atoms with Gasteiger partial charge in [0.1, 0.15) is 5.78 Å². The van der Waals surface area contributed by atoms with Gasteiger partial charge in [0.15, 0.2) is 0 Å². The van der Waals surface area contributed by atoms with E-state index in [1.54, 1.807) is 6.08 Å². The summed E-state index contributed by atoms with van der Waals surface area (Å²) >= 11 is 0. The molecule has 1 saturated carbocycles. The van der Waals surface area contributed by atoms with Crippen LogP contribution in [0.3, 0.4) is 0 Å². The Morgan fingerprint density at radius 2 is 2.36 bits per heavy atom. The van der Waals surface area contributed by atoms with E-state index in [2.05, 4.69) is 31.0 Å². The molecule has 1 fully saturated rings. The number of Topliss-reactive ketones (excluding diaryl/α,β-unsaturated/α-hetero) is 1. The molecule has 0 amide bonds. The molecule has 1 heterocycles. The minimum absolute atomic E-state index is 0.0412. The monoisotopic (exact) mass is 192 g/mol. The quantitative estimate of drug-likeness (QED) is 0.684. The van der Waals surface area contributed by atoms with Crippen LogP contribution in [0.25, 0.3) is 0 Å². The number of ketones is 1. The highest BCUT2D eigenvalue weighted by molar-refractivity contribution is 6.12. The van der Waals surface area contributed by atoms with Crippen molar-refractivity contribution >= 4 is 11.5 Å². The summed E-state index contributed by atoms with van der Waals surface area (Å²) in [6.07, 6.45) is 3.35. The fourth-order valence-corrected chi connectivity index (χ4v) is 2.48. The van der Waals surface area contributed by atoms with Gasteiger partial charge in [-0.25, -0.2) is 0 Å². The van der Waals surface area contributed by atoms with Gasteiger partial charge >= 0.3 is 0 Å². The maximum atomic E-state index is 11.9. The second kappa shape index (κ2) is 2.94. The number of hydrogen-bond donors (Lipinski definition) is 1. The fourth-order valence-electron chi connectivity index (χ4n) is 2.48. The molecular formula is C11H16N2O. The lowest BCUT2D eigenvalue weighted by atomic mass is 9.69. The van der Waals surface area contributed by atoms with E-state index in [0.717, 1.165) is 12.1 Å². The van der Waals surface area contributed by atoms with Gasteiger partial charge in [-0.2, -0.15) is 5.10 Å². The van der Waals surface area contributed by atoms with Gasteiger partial charge in [-0.3, -0.25) is 4.79 Å². The summed E-state index contributed by atoms with van der Waals surface area (Å²) in [5.41, 5.74) is 3.97. The first kappa shape index (κ1) is 9.44. The Hall–Kier alpha value is -1.12. The standard InChI is InChI=1S/C11H16N2O/c1-4-7-10-8(13-12-7)5-11(2,3)6-9(10)14/h4,8,10,13H,1,5-6H2,2-3H3/t8-,10+/m0/s1. The first-order chi connectivity index (χ1) is 6.53. The third kappa shape index (κ3) is 1.37. The number of fused-ring (bicyclic) bond motifs is 1. The van der Waals surface area contributed by atoms with Crippen LogP contribution in [0.4, 0.5) is 0 Å². The molecule has 0 saturated heterocycles. The molecule has 0 unspecified atom stereocenters. The molecule has 3 heteroatoms. The van der Waals surface area contributed by atoms with Gasteiger partial charge in [0.2, 0.25) is 0 Å². The van der Waals surface area contributed by atoms with Crippen molar-refractivity contribution in [1.82, 2.24) is 5.43 Å². The van der Waals surface area contributed by atoms with Crippen LogP contribution in [0.15, 0.2) is 17.8 Å². The average molecular weight is 192 g/mol. The van der Waals surface area contributed by atoms with Crippen molar-refractivity contribution in [2.45, 2.75) is 32.7 Å². The second-order valence-corrected chi connectivity index (χ2v) is 4.97. The molecule has 0 aromatic rings. The van der Waals surface area contributed by atoms with Gasteiger partial charge in [0, 0.05) is 6.42 Å². The van der Waals surface area contributed by atoms with Gasteiger partial charge in [-0.1, -0.05) is 20.4 Å². The van der Waals surface area contributed by atoms with Gasteiger partial charge in [0.05, 0.1) is 17.7 Å². The molecular weight excluding hydrogens is 176 g/mol. The zero-order chi connectivity index (χ0) is 10.3. The average Bonchev–Trinajstić information content (AvgIpc) is 2.44. The maximum Gasteiger partial charge on any atom is 0.144 e. The predicted octanol–water partition coefficient (Wildman–Crippen LogP) is 1.51. The summed E-state index contributed by atoms with van der Waals surface area (Å²) in [5, 5.41) is 4.14. The predicted molar refractivity (Wildman–Crippen MR) is 56.1 cm³/mol. The Morgan fingerprint density at radius 3 is 3.00 bits per heavy atom. The molecule has 0 aromatic heterocycles. The molecule has 76 valence electrons. The number of allylic oxidation sites excluding steroid dienone is 1. The molecule has 1 aliphatic carbocycles. The summed E-state index contributed by atoms with van der Waals surface area (Å²) in [4.78, 5) is 11.9. The normalized spacial score (nSPS) is 34.4. The van der Waals surface area contributed by atoms with Crippen molar-refractivity contribution < 1.29 is 4.79 Å². The molecule has 1 N–H and O–H groups in total. The van der Waals surface area contributed by atoms with Crippen LogP contribution in [0.1, 0.15) is 26.7 Å². The second-order valence-electron chi connectivity index (χ2n) is 4.97. The minimum Gasteiger partial charge on any atom is -0.306 e. The van der Waals surface area contributed by atoms with Gasteiger partial charge in [-0.15, -0.1) is 0 Å². The van der Waals surface area contributed by atoms with E-state index in [4.69, 9.17) is 0 Å². The number of nitrogens with one attached hydrogen (secondary N) is 1. The number of hydrogen-bond acceptors (Lipinski definition) is 3. The smallest absolute Gasteiger partial charge is 0.144 e. The molecule has 2 atom stereocenters. The number of hydrazone groups is 1. The van der Waals surface area contributed by atoms with Crippen molar-refractivity contribution in [2.24, 2.45) is 16.4 Å². The Morgan fingerprint density at radius 1 is 1.64 bits per heavy atom. The SMILES string of the molecule is C=CC1=NN[C@H]2CC(C)(C)CC(=O)[C@H]12. The molecule has 14 heavy (non-hydrogen) atoms. The van der Waals surface area contributed by atoms with Crippen molar-refractivity contribution in [3.63, 3.8) is 0 Å². The summed E-state index contributed by atoms with van der Waals surface area (Å²) in [5.74, 6) is 0.260. The van der Waals surface area contributed by atoms with E-state index in [0.29, 0.717) is 12.2 Å². The van der Waals surface area contributed by atoms with Crippen molar-refractivity contribution in [3.8, 4) is 0 Å². The van der Waals surface area contributed by atoms with Crippen LogP contribution in [0, 0.1) is 11.3 Å². The molecule has 2 aliphatic rings. The van der Waals surface area contributed by atoms with Crippen LogP contribution in [-0.2, 0) is 4.79 Å². The molecule has 2 rings (SSSR count). The summed E-state index contributed by atoms with van der Waals surface area (Å²) in [6.45, 7) is 7.95. The highest BCUT2D eigenvalue weighted by Crippen LogP contribution is 2.38. The number of nitrogens with zero attached hydrogens (tertiary/aromatic N) is 1. The van der Waals surface area contributed by atoms with E-state index in [1.165, 1.54) is 0 Å². The maximum absolute atomic E-state index is 11.9. The van der Waals surface area contributed by atoms with E-state index in [9.17, 15) is 4.79 Å². The highest BCUT2D eigenvalue weighted by atomic mass is 16.1. The van der Waals surface area contributed by atoms with Crippen molar-refractivity contribution in [1.29, 1.82) is 0 Å². The van der Waals surface area contributed by atoms with Crippen LogP contribution >= 0.6 is 0 Å². The summed E-state index contributed by atoms with van der Waals surface area (Å²) < 4.78 is 0. The van der Waals surface area contributed by atoms with Crippen molar-refractivity contribution in [2.75, 3.05) is 0 Å². The lowest BCUT2D eigenvalue weighted by Gasteiger charge is -2.35. The molecule has 0 aromatic carbocycles. The van der Waals surface area contributed by atoms with Crippen LogP contribution in [0.2, 0.25) is 0 Å². The van der Waals surface area contributed by atoms with E-state index >= 15 is 0 Å². The summed E-state index contributed by atoms with van der Waals surface area (Å²) in [7, 11) is 0. The Balaban J connectivity index is 2.24. The lowest BCUT2D eigenvalue weighted by Crippen LogP contribution is -2.45. The van der Waals surface area contributed by atoms with Gasteiger partial charge < -0.3 is 5.43 Å². The molecule has 0 spiro atoms. The number of rotatable bonds is 1.